The average Bonchev–Trinajstić information content (AvgIpc) is 3.26. The molecule has 3 N–H and O–H groups in total. The Morgan fingerprint density at radius 3 is 2.26 bits per heavy atom. The van der Waals surface area contributed by atoms with Crippen LogP contribution in [0.4, 0.5) is 0 Å². The Balaban J connectivity index is 2.27. The minimum Gasteiger partial charge on any atom is -0.497 e. The highest BCUT2D eigenvalue weighted by Gasteiger charge is 2.97. The molecular weight excluding hydrogens is 348 g/mol. The Morgan fingerprint density at radius 2 is 1.78 bits per heavy atom. The lowest BCUT2D eigenvalue weighted by molar-refractivity contribution is -0.693. The highest BCUT2D eigenvalue weighted by atomic mass is 16.7. The first-order valence-corrected chi connectivity index (χ1v) is 8.71. The third-order valence-corrected chi connectivity index (χ3v) is 5.44. The number of methoxy groups -OCH3 is 2. The van der Waals surface area contributed by atoms with E-state index in [0.29, 0.717) is 17.1 Å². The number of rotatable bonds is 7. The molecule has 8 heteroatoms. The van der Waals surface area contributed by atoms with Gasteiger partial charge < -0.3 is 18.9 Å². The summed E-state index contributed by atoms with van der Waals surface area (Å²) in [6.07, 6.45) is 0. The number of hydrogen-bond donors (Lipinski definition) is 2. The van der Waals surface area contributed by atoms with Crippen LogP contribution in [0.25, 0.3) is 0 Å². The fourth-order valence-corrected chi connectivity index (χ4v) is 4.39. The smallest absolute Gasteiger partial charge is 0.343 e. The second kappa shape index (κ2) is 6.41. The van der Waals surface area contributed by atoms with Gasteiger partial charge in [0.2, 0.25) is 0 Å². The van der Waals surface area contributed by atoms with Crippen molar-refractivity contribution in [2.75, 3.05) is 27.4 Å². The van der Waals surface area contributed by atoms with Crippen LogP contribution >= 0.6 is 0 Å². The molecular formula is C19H23N4O4+. The van der Waals surface area contributed by atoms with Crippen LogP contribution in [0.2, 0.25) is 0 Å². The van der Waals surface area contributed by atoms with Gasteiger partial charge in [-0.3, -0.25) is 5.73 Å². The van der Waals surface area contributed by atoms with Crippen molar-refractivity contribution in [3.63, 3.8) is 0 Å². The van der Waals surface area contributed by atoms with Crippen LogP contribution in [0.3, 0.4) is 0 Å². The Labute approximate surface area is 158 Å². The van der Waals surface area contributed by atoms with Gasteiger partial charge in [-0.15, -0.1) is 0 Å². The average molecular weight is 371 g/mol. The number of hydrogen-bond acceptors (Lipinski definition) is 7. The first-order chi connectivity index (χ1) is 13.0. The second-order valence-corrected chi connectivity index (χ2v) is 6.40. The molecule has 1 fully saturated rings. The maximum atomic E-state index is 10.2. The fourth-order valence-electron chi connectivity index (χ4n) is 4.39. The third kappa shape index (κ3) is 2.05. The van der Waals surface area contributed by atoms with E-state index in [2.05, 4.69) is 17.1 Å². The van der Waals surface area contributed by atoms with Gasteiger partial charge in [0.1, 0.15) is 11.5 Å². The normalized spacial score (nSPS) is 29.9. The van der Waals surface area contributed by atoms with Gasteiger partial charge in [-0.05, 0) is 32.0 Å². The van der Waals surface area contributed by atoms with Gasteiger partial charge >= 0.3 is 5.91 Å². The number of amidine groups is 1. The van der Waals surface area contributed by atoms with Crippen LogP contribution < -0.4 is 20.2 Å². The molecule has 1 aromatic carbocycles. The quantitative estimate of drug-likeness (QED) is 0.646. The van der Waals surface area contributed by atoms with Crippen LogP contribution in [0.5, 0.6) is 11.5 Å². The highest BCUT2D eigenvalue weighted by Crippen LogP contribution is 2.79. The van der Waals surface area contributed by atoms with Crippen molar-refractivity contribution in [2.24, 2.45) is 16.6 Å². The molecule has 0 spiro atoms. The summed E-state index contributed by atoms with van der Waals surface area (Å²) in [5.41, 5.74) is 4.21. The molecule has 1 aliphatic heterocycles. The lowest BCUT2D eigenvalue weighted by Gasteiger charge is -2.29. The maximum Gasteiger partial charge on any atom is 0.343 e. The Kier molecular flexibility index (Phi) is 4.51. The van der Waals surface area contributed by atoms with E-state index in [-0.39, 0.29) is 19.0 Å². The standard InChI is InChI=1S/C19H22N4O4/c1-5-26-19(27-6-2)18(11-21)15(17(18,10-20)16(22)23-19)13-9-12(24-3)7-8-14(13)25-4/h7-9,15H,5-6H2,1-4H3,(H2,22,23)/p+1/t15-,17+,18+/m0/s1. The SMILES string of the molecule is CCOC1(OCC)[NH+]=C(N)[C@@]2(C#N)[C@H](c3cc(OC)ccc3OC)[C@@]12C#N. The Hall–Kier alpha value is -2.81. The molecule has 1 saturated carbocycles. The minimum atomic E-state index is -1.52. The van der Waals surface area contributed by atoms with Gasteiger partial charge in [-0.25, -0.2) is 4.99 Å². The molecule has 27 heavy (non-hydrogen) atoms. The highest BCUT2D eigenvalue weighted by molar-refractivity contribution is 5.95. The Bertz CT molecular complexity index is 865. The number of nitrogens with zero attached hydrogens (tertiary/aromatic N) is 2. The summed E-state index contributed by atoms with van der Waals surface area (Å²) in [6, 6.07) is 9.82. The van der Waals surface area contributed by atoms with Gasteiger partial charge in [-0.1, -0.05) is 0 Å². The van der Waals surface area contributed by atoms with Gasteiger partial charge in [0.05, 0.1) is 45.5 Å². The molecule has 1 heterocycles. The molecule has 3 rings (SSSR count). The van der Waals surface area contributed by atoms with Crippen LogP contribution in [-0.4, -0.2) is 39.2 Å². The maximum absolute atomic E-state index is 10.2. The van der Waals surface area contributed by atoms with Crippen LogP contribution in [0.1, 0.15) is 25.3 Å². The number of ether oxygens (including phenoxy) is 4. The molecule has 0 unspecified atom stereocenters. The molecule has 0 radical (unpaired) electrons. The summed E-state index contributed by atoms with van der Waals surface area (Å²) in [5.74, 6) is -0.854. The van der Waals surface area contributed by atoms with Crippen molar-refractivity contribution in [2.45, 2.75) is 25.7 Å². The lowest BCUT2D eigenvalue weighted by Crippen LogP contribution is -2.91. The number of nitrogens with one attached hydrogen (secondary N) is 1. The molecule has 8 nitrogen and oxygen atoms in total. The molecule has 142 valence electrons. The number of fused-ring (bicyclic) bond motifs is 1. The van der Waals surface area contributed by atoms with E-state index in [9.17, 15) is 10.5 Å². The van der Waals surface area contributed by atoms with E-state index >= 15 is 0 Å². The van der Waals surface area contributed by atoms with Crippen molar-refractivity contribution in [3.8, 4) is 23.6 Å². The number of nitriles is 2. The number of benzene rings is 1. The second-order valence-electron chi connectivity index (χ2n) is 6.40. The molecule has 1 aromatic rings. The summed E-state index contributed by atoms with van der Waals surface area (Å²) in [5, 5.41) is 20.3. The van der Waals surface area contributed by atoms with Crippen LogP contribution in [0, 0.1) is 33.5 Å². The zero-order valence-corrected chi connectivity index (χ0v) is 15.8. The fraction of sp³-hybridized carbons (Fsp3) is 0.526. The van der Waals surface area contributed by atoms with Gasteiger partial charge in [-0.2, -0.15) is 10.5 Å². The molecule has 3 atom stereocenters. The van der Waals surface area contributed by atoms with E-state index in [1.165, 1.54) is 7.11 Å². The van der Waals surface area contributed by atoms with E-state index in [4.69, 9.17) is 24.7 Å². The zero-order valence-electron chi connectivity index (χ0n) is 15.8. The molecule has 0 amide bonds. The molecule has 0 saturated heterocycles. The molecule has 2 aliphatic rings. The molecule has 0 bridgehead atoms. The van der Waals surface area contributed by atoms with Gasteiger partial charge in [0.25, 0.3) is 5.84 Å². The van der Waals surface area contributed by atoms with Gasteiger partial charge in [0, 0.05) is 5.56 Å². The van der Waals surface area contributed by atoms with E-state index in [1.54, 1.807) is 39.2 Å². The molecule has 0 aromatic heterocycles. The summed E-state index contributed by atoms with van der Waals surface area (Å²) >= 11 is 0. The predicted octanol–water partition coefficient (Wildman–Crippen LogP) is -0.000840. The first-order valence-electron chi connectivity index (χ1n) is 8.71. The van der Waals surface area contributed by atoms with Crippen molar-refractivity contribution < 1.29 is 23.9 Å². The summed E-state index contributed by atoms with van der Waals surface area (Å²) in [6.45, 7) is 4.12. The van der Waals surface area contributed by atoms with E-state index in [1.807, 2.05) is 0 Å². The van der Waals surface area contributed by atoms with E-state index < -0.39 is 22.7 Å². The van der Waals surface area contributed by atoms with E-state index in [0.717, 1.165) is 0 Å². The van der Waals surface area contributed by atoms with Crippen molar-refractivity contribution in [1.82, 2.24) is 0 Å². The zero-order chi connectivity index (χ0) is 19.9. The largest absolute Gasteiger partial charge is 0.497 e. The lowest BCUT2D eigenvalue weighted by atomic mass is 9.93. The van der Waals surface area contributed by atoms with Crippen molar-refractivity contribution >= 4 is 5.84 Å². The van der Waals surface area contributed by atoms with Crippen LogP contribution in [-0.2, 0) is 9.47 Å². The third-order valence-electron chi connectivity index (χ3n) is 5.44. The summed E-state index contributed by atoms with van der Waals surface area (Å²) < 4.78 is 22.6. The topological polar surface area (TPSA) is 124 Å². The van der Waals surface area contributed by atoms with Crippen LogP contribution in [0.15, 0.2) is 18.2 Å². The Morgan fingerprint density at radius 1 is 1.11 bits per heavy atom. The predicted molar refractivity (Wildman–Crippen MR) is 94.5 cm³/mol. The minimum absolute atomic E-state index is 0.156. The summed E-state index contributed by atoms with van der Waals surface area (Å²) in [7, 11) is 3.08. The first kappa shape index (κ1) is 19.0. The van der Waals surface area contributed by atoms with Gasteiger partial charge in [0.15, 0.2) is 10.8 Å². The summed E-state index contributed by atoms with van der Waals surface area (Å²) in [4.78, 5) is 2.95. The van der Waals surface area contributed by atoms with Crippen molar-refractivity contribution in [3.05, 3.63) is 23.8 Å². The number of nitrogens with two attached hydrogens (primary N) is 1. The monoisotopic (exact) mass is 371 g/mol. The molecule has 1 aliphatic carbocycles. The van der Waals surface area contributed by atoms with Crippen molar-refractivity contribution in [1.29, 1.82) is 10.5 Å².